The highest BCUT2D eigenvalue weighted by Gasteiger charge is 2.23. The summed E-state index contributed by atoms with van der Waals surface area (Å²) in [6, 6.07) is 0.233. The molecule has 1 saturated carbocycles. The van der Waals surface area contributed by atoms with Gasteiger partial charge < -0.3 is 10.4 Å². The van der Waals surface area contributed by atoms with E-state index in [0.29, 0.717) is 12.5 Å². The Kier molecular flexibility index (Phi) is 6.56. The first kappa shape index (κ1) is 15.7. The van der Waals surface area contributed by atoms with E-state index in [9.17, 15) is 9.59 Å². The number of rotatable bonds is 7. The van der Waals surface area contributed by atoms with Crippen LogP contribution >= 0.6 is 0 Å². The number of hydrogen-bond donors (Lipinski definition) is 2. The van der Waals surface area contributed by atoms with Gasteiger partial charge in [-0.1, -0.05) is 25.8 Å². The van der Waals surface area contributed by atoms with Crippen LogP contribution in [0.3, 0.4) is 0 Å². The van der Waals surface area contributed by atoms with Gasteiger partial charge in [0.25, 0.3) is 0 Å². The lowest BCUT2D eigenvalue weighted by molar-refractivity contribution is -0.138. The highest BCUT2D eigenvalue weighted by atomic mass is 16.4. The molecule has 1 amide bonds. The van der Waals surface area contributed by atoms with Crippen LogP contribution in [0.15, 0.2) is 12.7 Å². The highest BCUT2D eigenvalue weighted by Crippen LogP contribution is 2.23. The van der Waals surface area contributed by atoms with Crippen molar-refractivity contribution in [3.8, 4) is 0 Å². The van der Waals surface area contributed by atoms with Crippen LogP contribution in [0, 0.1) is 5.92 Å². The van der Waals surface area contributed by atoms with Gasteiger partial charge in [0, 0.05) is 12.6 Å². The summed E-state index contributed by atoms with van der Waals surface area (Å²) < 4.78 is 0. The minimum atomic E-state index is -0.930. The van der Waals surface area contributed by atoms with Crippen LogP contribution < -0.4 is 5.32 Å². The van der Waals surface area contributed by atoms with E-state index in [-0.39, 0.29) is 25.0 Å². The Morgan fingerprint density at radius 1 is 1.37 bits per heavy atom. The van der Waals surface area contributed by atoms with Gasteiger partial charge in [-0.15, -0.1) is 6.58 Å². The Labute approximate surface area is 114 Å². The molecule has 0 aromatic heterocycles. The Morgan fingerprint density at radius 3 is 2.63 bits per heavy atom. The van der Waals surface area contributed by atoms with Gasteiger partial charge in [0.2, 0.25) is 5.91 Å². The van der Waals surface area contributed by atoms with Gasteiger partial charge in [-0.2, -0.15) is 0 Å². The fourth-order valence-corrected chi connectivity index (χ4v) is 2.55. The zero-order valence-electron chi connectivity index (χ0n) is 11.6. The normalized spacial score (nSPS) is 23.1. The summed E-state index contributed by atoms with van der Waals surface area (Å²) in [5, 5.41) is 11.8. The molecular weight excluding hydrogens is 244 g/mol. The average Bonchev–Trinajstić information content (AvgIpc) is 2.31. The van der Waals surface area contributed by atoms with Crippen LogP contribution in [-0.2, 0) is 9.59 Å². The third kappa shape index (κ3) is 5.87. The zero-order chi connectivity index (χ0) is 14.3. The number of amides is 1. The Hall–Kier alpha value is -1.36. The SMILES string of the molecule is C=CCN(CC(=O)O)CC(=O)NC1CCCCC1C. The lowest BCUT2D eigenvalue weighted by Crippen LogP contribution is -2.46. The molecule has 0 aliphatic heterocycles. The number of carbonyl (C=O) groups is 2. The third-order valence-corrected chi connectivity index (χ3v) is 3.57. The minimum absolute atomic E-state index is 0.0955. The standard InChI is InChI=1S/C14H24N2O3/c1-3-8-16(10-14(18)19)9-13(17)15-12-7-5-4-6-11(12)2/h3,11-12H,1,4-10H2,2H3,(H,15,17)(H,18,19). The summed E-state index contributed by atoms with van der Waals surface area (Å²) in [4.78, 5) is 24.2. The maximum absolute atomic E-state index is 11.9. The van der Waals surface area contributed by atoms with Gasteiger partial charge in [-0.25, -0.2) is 0 Å². The maximum atomic E-state index is 11.9. The van der Waals surface area contributed by atoms with E-state index in [1.54, 1.807) is 11.0 Å². The summed E-state index contributed by atoms with van der Waals surface area (Å²) in [7, 11) is 0. The van der Waals surface area contributed by atoms with Crippen molar-refractivity contribution in [1.82, 2.24) is 10.2 Å². The molecule has 2 atom stereocenters. The summed E-state index contributed by atoms with van der Waals surface area (Å²) >= 11 is 0. The Morgan fingerprint density at radius 2 is 2.05 bits per heavy atom. The quantitative estimate of drug-likeness (QED) is 0.682. The third-order valence-electron chi connectivity index (χ3n) is 3.57. The van der Waals surface area contributed by atoms with Gasteiger partial charge in [0.1, 0.15) is 0 Å². The van der Waals surface area contributed by atoms with Crippen LogP contribution in [-0.4, -0.2) is 47.6 Å². The second-order valence-corrected chi connectivity index (χ2v) is 5.29. The van der Waals surface area contributed by atoms with Crippen molar-refractivity contribution in [3.05, 3.63) is 12.7 Å². The average molecular weight is 268 g/mol. The van der Waals surface area contributed by atoms with E-state index in [4.69, 9.17) is 5.11 Å². The lowest BCUT2D eigenvalue weighted by atomic mass is 9.86. The van der Waals surface area contributed by atoms with E-state index in [0.717, 1.165) is 19.3 Å². The van der Waals surface area contributed by atoms with Crippen molar-refractivity contribution >= 4 is 11.9 Å². The van der Waals surface area contributed by atoms with Crippen molar-refractivity contribution in [2.24, 2.45) is 5.92 Å². The van der Waals surface area contributed by atoms with E-state index in [1.807, 2.05) is 0 Å². The summed E-state index contributed by atoms with van der Waals surface area (Å²) in [5.74, 6) is -0.521. The number of carboxylic acids is 1. The van der Waals surface area contributed by atoms with E-state index in [2.05, 4.69) is 18.8 Å². The molecule has 1 aliphatic carbocycles. The molecular formula is C14H24N2O3. The maximum Gasteiger partial charge on any atom is 0.317 e. The van der Waals surface area contributed by atoms with E-state index >= 15 is 0 Å². The zero-order valence-corrected chi connectivity index (χ0v) is 11.6. The largest absolute Gasteiger partial charge is 0.480 e. The van der Waals surface area contributed by atoms with E-state index < -0.39 is 5.97 Å². The van der Waals surface area contributed by atoms with Crippen molar-refractivity contribution in [2.45, 2.75) is 38.6 Å². The molecule has 0 aromatic rings. The molecule has 5 nitrogen and oxygen atoms in total. The van der Waals surface area contributed by atoms with Gasteiger partial charge in [0.05, 0.1) is 13.1 Å². The van der Waals surface area contributed by atoms with Crippen molar-refractivity contribution in [3.63, 3.8) is 0 Å². The first-order valence-corrected chi connectivity index (χ1v) is 6.87. The predicted molar refractivity (Wildman–Crippen MR) is 73.8 cm³/mol. The molecule has 2 N–H and O–H groups in total. The molecule has 0 heterocycles. The van der Waals surface area contributed by atoms with Crippen LogP contribution in [0.25, 0.3) is 0 Å². The summed E-state index contributed by atoms with van der Waals surface area (Å²) in [6.07, 6.45) is 6.17. The molecule has 108 valence electrons. The van der Waals surface area contributed by atoms with Crippen molar-refractivity contribution < 1.29 is 14.7 Å². The first-order chi connectivity index (χ1) is 9.02. The number of carbonyl (C=O) groups excluding carboxylic acids is 1. The second kappa shape index (κ2) is 7.94. The minimum Gasteiger partial charge on any atom is -0.480 e. The molecule has 0 saturated heterocycles. The molecule has 0 radical (unpaired) electrons. The monoisotopic (exact) mass is 268 g/mol. The topological polar surface area (TPSA) is 69.6 Å². The molecule has 1 fully saturated rings. The molecule has 1 rings (SSSR count). The van der Waals surface area contributed by atoms with Crippen LogP contribution in [0.1, 0.15) is 32.6 Å². The molecule has 0 spiro atoms. The number of nitrogens with one attached hydrogen (secondary N) is 1. The molecule has 0 bridgehead atoms. The fraction of sp³-hybridized carbons (Fsp3) is 0.714. The highest BCUT2D eigenvalue weighted by molar-refractivity contribution is 5.79. The van der Waals surface area contributed by atoms with E-state index in [1.165, 1.54) is 6.42 Å². The molecule has 19 heavy (non-hydrogen) atoms. The Balaban J connectivity index is 2.42. The van der Waals surface area contributed by atoms with Crippen LogP contribution in [0.2, 0.25) is 0 Å². The number of carboxylic acid groups (broad SMARTS) is 1. The number of hydrogen-bond acceptors (Lipinski definition) is 3. The number of aliphatic carboxylic acids is 1. The van der Waals surface area contributed by atoms with Crippen LogP contribution in [0.5, 0.6) is 0 Å². The fourth-order valence-electron chi connectivity index (χ4n) is 2.55. The lowest BCUT2D eigenvalue weighted by Gasteiger charge is -2.30. The van der Waals surface area contributed by atoms with Gasteiger partial charge >= 0.3 is 5.97 Å². The van der Waals surface area contributed by atoms with Crippen LogP contribution in [0.4, 0.5) is 0 Å². The summed E-state index contributed by atoms with van der Waals surface area (Å²) in [5.41, 5.74) is 0. The summed E-state index contributed by atoms with van der Waals surface area (Å²) in [6.45, 7) is 6.11. The molecule has 0 aromatic carbocycles. The molecule has 5 heteroatoms. The smallest absolute Gasteiger partial charge is 0.317 e. The van der Waals surface area contributed by atoms with Gasteiger partial charge in [-0.05, 0) is 18.8 Å². The second-order valence-electron chi connectivity index (χ2n) is 5.29. The Bertz CT molecular complexity index is 331. The van der Waals surface area contributed by atoms with Gasteiger partial charge in [0.15, 0.2) is 0 Å². The first-order valence-electron chi connectivity index (χ1n) is 6.87. The van der Waals surface area contributed by atoms with Crippen molar-refractivity contribution in [2.75, 3.05) is 19.6 Å². The predicted octanol–water partition coefficient (Wildman–Crippen LogP) is 1.25. The van der Waals surface area contributed by atoms with Crippen molar-refractivity contribution in [1.29, 1.82) is 0 Å². The van der Waals surface area contributed by atoms with Gasteiger partial charge in [-0.3, -0.25) is 14.5 Å². The molecule has 2 unspecified atom stereocenters. The number of nitrogens with zero attached hydrogens (tertiary/aromatic N) is 1. The molecule has 1 aliphatic rings.